The predicted octanol–water partition coefficient (Wildman–Crippen LogP) is 1.85. The van der Waals surface area contributed by atoms with E-state index < -0.39 is 5.97 Å². The van der Waals surface area contributed by atoms with E-state index in [0.717, 1.165) is 17.8 Å². The van der Waals surface area contributed by atoms with E-state index in [0.29, 0.717) is 12.3 Å². The molecule has 6 nitrogen and oxygen atoms in total. The van der Waals surface area contributed by atoms with Crippen LogP contribution in [0.4, 0.5) is 5.82 Å². The highest BCUT2D eigenvalue weighted by molar-refractivity contribution is 5.66. The molecule has 0 fully saturated rings. The van der Waals surface area contributed by atoms with Gasteiger partial charge < -0.3 is 15.2 Å². The largest absolute Gasteiger partial charge is 0.481 e. The molecule has 0 bridgehead atoms. The van der Waals surface area contributed by atoms with E-state index in [1.165, 1.54) is 6.33 Å². The van der Waals surface area contributed by atoms with Gasteiger partial charge in [0.1, 0.15) is 12.1 Å². The van der Waals surface area contributed by atoms with E-state index in [4.69, 9.17) is 9.84 Å². The quantitative estimate of drug-likeness (QED) is 0.771. The van der Waals surface area contributed by atoms with Crippen LogP contribution in [-0.4, -0.2) is 34.2 Å². The summed E-state index contributed by atoms with van der Waals surface area (Å²) in [6.07, 6.45) is 3.05. The van der Waals surface area contributed by atoms with Crippen LogP contribution in [0.25, 0.3) is 0 Å². The Kier molecular flexibility index (Phi) is 5.35. The van der Waals surface area contributed by atoms with Gasteiger partial charge in [0.2, 0.25) is 5.88 Å². The Hall–Kier alpha value is -1.85. The predicted molar refractivity (Wildman–Crippen MR) is 67.9 cm³/mol. The minimum atomic E-state index is -0.762. The molecule has 0 aliphatic carbocycles. The molecule has 0 saturated heterocycles. The van der Waals surface area contributed by atoms with Crippen molar-refractivity contribution in [1.29, 1.82) is 0 Å². The van der Waals surface area contributed by atoms with E-state index in [1.807, 2.05) is 13.8 Å². The van der Waals surface area contributed by atoms with Gasteiger partial charge in [0.25, 0.3) is 0 Å². The number of hydrogen-bond donors (Lipinski definition) is 2. The summed E-state index contributed by atoms with van der Waals surface area (Å²) in [4.78, 5) is 18.6. The highest BCUT2D eigenvalue weighted by Crippen LogP contribution is 2.21. The molecule has 1 unspecified atom stereocenters. The zero-order valence-electron chi connectivity index (χ0n) is 10.9. The van der Waals surface area contributed by atoms with Crippen molar-refractivity contribution in [3.63, 3.8) is 0 Å². The first-order valence-electron chi connectivity index (χ1n) is 5.88. The Morgan fingerprint density at radius 2 is 2.28 bits per heavy atom. The number of aliphatic carboxylic acids is 1. The normalized spacial score (nSPS) is 11.9. The third-order valence-electron chi connectivity index (χ3n) is 2.64. The Bertz CT molecular complexity index is 410. The molecule has 1 rings (SSSR count). The molecule has 1 heterocycles. The standard InChI is InChI=1S/C12H19N3O3/c1-8(5-4-6-10(16)17)15-11-9(2)12(18-3)14-7-13-11/h7-8H,4-6H2,1-3H3,(H,16,17)(H,13,14,15). The fourth-order valence-electron chi connectivity index (χ4n) is 1.65. The van der Waals surface area contributed by atoms with Crippen LogP contribution in [0.1, 0.15) is 31.7 Å². The van der Waals surface area contributed by atoms with Crippen molar-refractivity contribution in [3.05, 3.63) is 11.9 Å². The molecule has 0 aliphatic rings. The van der Waals surface area contributed by atoms with Gasteiger partial charge in [-0.15, -0.1) is 0 Å². The van der Waals surface area contributed by atoms with Crippen molar-refractivity contribution < 1.29 is 14.6 Å². The van der Waals surface area contributed by atoms with Gasteiger partial charge in [0, 0.05) is 12.5 Å². The molecule has 100 valence electrons. The lowest BCUT2D eigenvalue weighted by atomic mass is 10.1. The number of carboxylic acid groups (broad SMARTS) is 1. The Labute approximate surface area is 106 Å². The Balaban J connectivity index is 2.53. The Morgan fingerprint density at radius 1 is 1.56 bits per heavy atom. The van der Waals surface area contributed by atoms with Crippen LogP contribution < -0.4 is 10.1 Å². The minimum Gasteiger partial charge on any atom is -0.481 e. The smallest absolute Gasteiger partial charge is 0.303 e. The molecule has 0 spiro atoms. The molecule has 0 amide bonds. The van der Waals surface area contributed by atoms with Crippen molar-refractivity contribution >= 4 is 11.8 Å². The molecule has 0 saturated carbocycles. The Morgan fingerprint density at radius 3 is 2.89 bits per heavy atom. The average molecular weight is 253 g/mol. The lowest BCUT2D eigenvalue weighted by Crippen LogP contribution is -2.17. The third kappa shape index (κ3) is 4.20. The number of aromatic nitrogens is 2. The second kappa shape index (κ2) is 6.78. The van der Waals surface area contributed by atoms with Crippen LogP contribution in [0.15, 0.2) is 6.33 Å². The van der Waals surface area contributed by atoms with E-state index in [1.54, 1.807) is 7.11 Å². The molecule has 1 atom stereocenters. The summed E-state index contributed by atoms with van der Waals surface area (Å²) < 4.78 is 5.11. The average Bonchev–Trinajstić information content (AvgIpc) is 2.31. The van der Waals surface area contributed by atoms with E-state index in [9.17, 15) is 4.79 Å². The highest BCUT2D eigenvalue weighted by Gasteiger charge is 2.10. The molecular formula is C12H19N3O3. The zero-order chi connectivity index (χ0) is 13.5. The number of rotatable bonds is 7. The van der Waals surface area contributed by atoms with Crippen molar-refractivity contribution in [1.82, 2.24) is 9.97 Å². The van der Waals surface area contributed by atoms with Crippen LogP contribution in [0.5, 0.6) is 5.88 Å². The molecule has 1 aromatic rings. The van der Waals surface area contributed by atoms with Gasteiger partial charge in [-0.05, 0) is 26.7 Å². The number of hydrogen-bond acceptors (Lipinski definition) is 5. The third-order valence-corrected chi connectivity index (χ3v) is 2.64. The van der Waals surface area contributed by atoms with Crippen LogP contribution >= 0.6 is 0 Å². The molecule has 2 N–H and O–H groups in total. The maximum atomic E-state index is 10.4. The van der Waals surface area contributed by atoms with Gasteiger partial charge in [0.15, 0.2) is 0 Å². The number of methoxy groups -OCH3 is 1. The lowest BCUT2D eigenvalue weighted by Gasteiger charge is -2.16. The maximum Gasteiger partial charge on any atom is 0.303 e. The van der Waals surface area contributed by atoms with Crippen molar-refractivity contribution in [2.75, 3.05) is 12.4 Å². The summed E-state index contributed by atoms with van der Waals surface area (Å²) in [7, 11) is 1.56. The molecule has 6 heteroatoms. The van der Waals surface area contributed by atoms with Crippen LogP contribution in [0.3, 0.4) is 0 Å². The fourth-order valence-corrected chi connectivity index (χ4v) is 1.65. The maximum absolute atomic E-state index is 10.4. The second-order valence-electron chi connectivity index (χ2n) is 4.19. The number of carboxylic acids is 1. The summed E-state index contributed by atoms with van der Waals surface area (Å²) in [6, 6.07) is 0.155. The van der Waals surface area contributed by atoms with Crippen molar-refractivity contribution in [2.24, 2.45) is 0 Å². The molecule has 0 aliphatic heterocycles. The van der Waals surface area contributed by atoms with Crippen LogP contribution in [0.2, 0.25) is 0 Å². The van der Waals surface area contributed by atoms with Crippen molar-refractivity contribution in [2.45, 2.75) is 39.2 Å². The summed E-state index contributed by atoms with van der Waals surface area (Å²) in [5.74, 6) is 0.511. The van der Waals surface area contributed by atoms with E-state index in [-0.39, 0.29) is 12.5 Å². The number of carbonyl (C=O) groups is 1. The molecule has 1 aromatic heterocycles. The number of anilines is 1. The molecule has 18 heavy (non-hydrogen) atoms. The van der Waals surface area contributed by atoms with E-state index in [2.05, 4.69) is 15.3 Å². The summed E-state index contributed by atoms with van der Waals surface area (Å²) in [5, 5.41) is 11.8. The van der Waals surface area contributed by atoms with Gasteiger partial charge in [0.05, 0.1) is 12.7 Å². The van der Waals surface area contributed by atoms with Gasteiger partial charge in [-0.25, -0.2) is 9.97 Å². The molecule has 0 aromatic carbocycles. The molecular weight excluding hydrogens is 234 g/mol. The number of nitrogens with zero attached hydrogens (tertiary/aromatic N) is 2. The van der Waals surface area contributed by atoms with Crippen LogP contribution in [-0.2, 0) is 4.79 Å². The first-order chi connectivity index (χ1) is 8.54. The summed E-state index contributed by atoms with van der Waals surface area (Å²) in [6.45, 7) is 3.88. The fraction of sp³-hybridized carbons (Fsp3) is 0.583. The van der Waals surface area contributed by atoms with Gasteiger partial charge >= 0.3 is 5.97 Å². The van der Waals surface area contributed by atoms with Gasteiger partial charge in [-0.1, -0.05) is 0 Å². The SMILES string of the molecule is COc1ncnc(NC(C)CCCC(=O)O)c1C. The van der Waals surface area contributed by atoms with Crippen molar-refractivity contribution in [3.8, 4) is 5.88 Å². The van der Waals surface area contributed by atoms with Crippen LogP contribution in [0, 0.1) is 6.92 Å². The summed E-state index contributed by atoms with van der Waals surface area (Å²) in [5.41, 5.74) is 0.852. The topological polar surface area (TPSA) is 84.3 Å². The number of nitrogens with one attached hydrogen (secondary N) is 1. The summed E-state index contributed by atoms with van der Waals surface area (Å²) >= 11 is 0. The monoisotopic (exact) mass is 253 g/mol. The first-order valence-corrected chi connectivity index (χ1v) is 5.88. The number of ether oxygens (including phenoxy) is 1. The first kappa shape index (κ1) is 14.2. The van der Waals surface area contributed by atoms with Gasteiger partial charge in [-0.3, -0.25) is 4.79 Å². The lowest BCUT2D eigenvalue weighted by molar-refractivity contribution is -0.137. The molecule has 0 radical (unpaired) electrons. The highest BCUT2D eigenvalue weighted by atomic mass is 16.5. The minimum absolute atomic E-state index is 0.155. The zero-order valence-corrected chi connectivity index (χ0v) is 10.9. The second-order valence-corrected chi connectivity index (χ2v) is 4.19. The van der Waals surface area contributed by atoms with Gasteiger partial charge in [-0.2, -0.15) is 0 Å². The van der Waals surface area contributed by atoms with E-state index >= 15 is 0 Å².